The Labute approximate surface area is 150 Å². The van der Waals surface area contributed by atoms with E-state index in [0.717, 1.165) is 38.8 Å². The summed E-state index contributed by atoms with van der Waals surface area (Å²) in [4.78, 5) is 14.7. The molecule has 0 bridgehead atoms. The molecule has 0 aliphatic carbocycles. The van der Waals surface area contributed by atoms with Gasteiger partial charge in [0, 0.05) is 38.8 Å². The van der Waals surface area contributed by atoms with Gasteiger partial charge in [-0.15, -0.1) is 0 Å². The molecule has 6 nitrogen and oxygen atoms in total. The van der Waals surface area contributed by atoms with E-state index in [1.165, 1.54) is 18.9 Å². The number of hydrogen-bond donors (Lipinski definition) is 1. The highest BCUT2D eigenvalue weighted by Crippen LogP contribution is 2.36. The number of rotatable bonds is 4. The van der Waals surface area contributed by atoms with Crippen LogP contribution < -0.4 is 10.2 Å². The van der Waals surface area contributed by atoms with Crippen molar-refractivity contribution in [1.29, 1.82) is 0 Å². The van der Waals surface area contributed by atoms with Gasteiger partial charge in [-0.3, -0.25) is 15.0 Å². The lowest BCUT2D eigenvalue weighted by atomic mass is 9.99. The van der Waals surface area contributed by atoms with Crippen LogP contribution in [0.1, 0.15) is 18.4 Å². The van der Waals surface area contributed by atoms with Gasteiger partial charge in [0.1, 0.15) is 5.69 Å². The molecule has 1 unspecified atom stereocenters. The molecule has 3 rings (SSSR count). The van der Waals surface area contributed by atoms with Gasteiger partial charge in [0.2, 0.25) is 0 Å². The molecule has 144 valence electrons. The van der Waals surface area contributed by atoms with E-state index in [1.807, 2.05) is 4.90 Å². The molecule has 1 aromatic rings. The average molecular weight is 372 g/mol. The maximum atomic E-state index is 12.8. The van der Waals surface area contributed by atoms with Gasteiger partial charge in [0.05, 0.1) is 10.5 Å². The topological polar surface area (TPSA) is 61.7 Å². The number of nitrogens with zero attached hydrogens (tertiary/aromatic N) is 3. The number of nitro groups is 1. The molecule has 1 atom stereocenters. The third kappa shape index (κ3) is 4.45. The Morgan fingerprint density at radius 3 is 2.54 bits per heavy atom. The lowest BCUT2D eigenvalue weighted by molar-refractivity contribution is -0.384. The zero-order valence-electron chi connectivity index (χ0n) is 14.5. The first-order chi connectivity index (χ1) is 12.3. The lowest BCUT2D eigenvalue weighted by Gasteiger charge is -2.38. The smallest absolute Gasteiger partial charge is 0.363 e. The van der Waals surface area contributed by atoms with Gasteiger partial charge < -0.3 is 10.2 Å². The fourth-order valence-electron chi connectivity index (χ4n) is 3.73. The van der Waals surface area contributed by atoms with Crippen LogP contribution in [0.4, 0.5) is 24.5 Å². The molecule has 2 heterocycles. The molecule has 1 aromatic carbocycles. The number of nitrogens with one attached hydrogen (secondary N) is 1. The van der Waals surface area contributed by atoms with Gasteiger partial charge in [-0.05, 0) is 44.0 Å². The Morgan fingerprint density at radius 2 is 1.96 bits per heavy atom. The number of nitro benzene ring substituents is 1. The maximum Gasteiger partial charge on any atom is 0.416 e. The summed E-state index contributed by atoms with van der Waals surface area (Å²) in [5.74, 6) is 0.621. The first-order valence-electron chi connectivity index (χ1n) is 8.88. The molecule has 0 amide bonds. The Bertz CT molecular complexity index is 639. The van der Waals surface area contributed by atoms with Crippen molar-refractivity contribution < 1.29 is 18.1 Å². The van der Waals surface area contributed by atoms with E-state index in [4.69, 9.17) is 0 Å². The summed E-state index contributed by atoms with van der Waals surface area (Å²) >= 11 is 0. The van der Waals surface area contributed by atoms with Crippen molar-refractivity contribution in [2.75, 3.05) is 50.7 Å². The minimum Gasteiger partial charge on any atom is -0.363 e. The standard InChI is InChI=1S/C17H23F3N4O2/c18-17(19,20)14-3-4-15(16(10-14)24(25)26)23-8-6-22(7-9-23)12-13-2-1-5-21-11-13/h3-4,10,13,21H,1-2,5-9,11-12H2. The summed E-state index contributed by atoms with van der Waals surface area (Å²) in [6.45, 7) is 5.75. The second-order valence-corrected chi connectivity index (χ2v) is 6.96. The van der Waals surface area contributed by atoms with Crippen molar-refractivity contribution >= 4 is 11.4 Å². The van der Waals surface area contributed by atoms with E-state index >= 15 is 0 Å². The van der Waals surface area contributed by atoms with Gasteiger partial charge in [-0.1, -0.05) is 0 Å². The number of piperazine rings is 1. The van der Waals surface area contributed by atoms with E-state index in [0.29, 0.717) is 25.1 Å². The molecule has 2 aliphatic rings. The third-order valence-electron chi connectivity index (χ3n) is 5.13. The fourth-order valence-corrected chi connectivity index (χ4v) is 3.73. The molecular formula is C17H23F3N4O2. The van der Waals surface area contributed by atoms with E-state index in [9.17, 15) is 23.3 Å². The highest BCUT2D eigenvalue weighted by atomic mass is 19.4. The Morgan fingerprint density at radius 1 is 1.23 bits per heavy atom. The maximum absolute atomic E-state index is 12.8. The Hall–Kier alpha value is -1.87. The third-order valence-corrected chi connectivity index (χ3v) is 5.13. The van der Waals surface area contributed by atoms with Crippen LogP contribution in [-0.2, 0) is 6.18 Å². The molecule has 0 aromatic heterocycles. The van der Waals surface area contributed by atoms with Crippen molar-refractivity contribution in [2.45, 2.75) is 19.0 Å². The van der Waals surface area contributed by atoms with E-state index in [2.05, 4.69) is 10.2 Å². The molecular weight excluding hydrogens is 349 g/mol. The molecule has 0 saturated carbocycles. The van der Waals surface area contributed by atoms with Crippen LogP contribution in [0.25, 0.3) is 0 Å². The molecule has 0 spiro atoms. The zero-order valence-corrected chi connectivity index (χ0v) is 14.5. The van der Waals surface area contributed by atoms with Crippen LogP contribution in [-0.4, -0.2) is 55.6 Å². The van der Waals surface area contributed by atoms with E-state index in [1.54, 1.807) is 0 Å². The largest absolute Gasteiger partial charge is 0.416 e. The van der Waals surface area contributed by atoms with Gasteiger partial charge in [0.25, 0.3) is 5.69 Å². The zero-order chi connectivity index (χ0) is 18.7. The van der Waals surface area contributed by atoms with Crippen LogP contribution >= 0.6 is 0 Å². The molecule has 0 radical (unpaired) electrons. The Balaban J connectivity index is 1.66. The summed E-state index contributed by atoms with van der Waals surface area (Å²) in [6.07, 6.45) is -2.20. The van der Waals surface area contributed by atoms with Gasteiger partial charge >= 0.3 is 6.18 Å². The molecule has 2 saturated heterocycles. The summed E-state index contributed by atoms with van der Waals surface area (Å²) in [6, 6.07) is 2.78. The Kier molecular flexibility index (Phi) is 5.67. The van der Waals surface area contributed by atoms with E-state index < -0.39 is 22.4 Å². The molecule has 9 heteroatoms. The summed E-state index contributed by atoms with van der Waals surface area (Å²) < 4.78 is 38.5. The average Bonchev–Trinajstić information content (AvgIpc) is 2.62. The highest BCUT2D eigenvalue weighted by Gasteiger charge is 2.34. The quantitative estimate of drug-likeness (QED) is 0.651. The molecule has 2 fully saturated rings. The summed E-state index contributed by atoms with van der Waals surface area (Å²) in [5, 5.41) is 14.7. The normalized spacial score (nSPS) is 22.4. The highest BCUT2D eigenvalue weighted by molar-refractivity contribution is 5.65. The molecule has 2 aliphatic heterocycles. The fraction of sp³-hybridized carbons (Fsp3) is 0.647. The predicted octanol–water partition coefficient (Wildman–Crippen LogP) is 2.74. The first-order valence-corrected chi connectivity index (χ1v) is 8.88. The number of benzene rings is 1. The van der Waals surface area contributed by atoms with Crippen LogP contribution in [0, 0.1) is 16.0 Å². The monoisotopic (exact) mass is 372 g/mol. The number of alkyl halides is 3. The predicted molar refractivity (Wildman–Crippen MR) is 92.3 cm³/mol. The van der Waals surface area contributed by atoms with Gasteiger partial charge in [0.15, 0.2) is 0 Å². The van der Waals surface area contributed by atoms with Crippen molar-refractivity contribution in [3.05, 3.63) is 33.9 Å². The second kappa shape index (κ2) is 7.79. The molecule has 26 heavy (non-hydrogen) atoms. The summed E-state index contributed by atoms with van der Waals surface area (Å²) in [7, 11) is 0. The van der Waals surface area contributed by atoms with Crippen molar-refractivity contribution in [3.63, 3.8) is 0 Å². The minimum atomic E-state index is -4.59. The van der Waals surface area contributed by atoms with Gasteiger partial charge in [-0.2, -0.15) is 13.2 Å². The number of anilines is 1. The van der Waals surface area contributed by atoms with Crippen LogP contribution in [0.5, 0.6) is 0 Å². The SMILES string of the molecule is O=[N+]([O-])c1cc(C(F)(F)F)ccc1N1CCN(CC2CCCNC2)CC1. The van der Waals surface area contributed by atoms with E-state index in [-0.39, 0.29) is 5.69 Å². The van der Waals surface area contributed by atoms with Crippen LogP contribution in [0.3, 0.4) is 0 Å². The lowest BCUT2D eigenvalue weighted by Crippen LogP contribution is -2.49. The summed E-state index contributed by atoms with van der Waals surface area (Å²) in [5.41, 5.74) is -1.21. The number of halogens is 3. The van der Waals surface area contributed by atoms with Gasteiger partial charge in [-0.25, -0.2) is 0 Å². The first kappa shape index (κ1) is 18.9. The van der Waals surface area contributed by atoms with Crippen LogP contribution in [0.2, 0.25) is 0 Å². The molecule has 1 N–H and O–H groups in total. The van der Waals surface area contributed by atoms with Crippen LogP contribution in [0.15, 0.2) is 18.2 Å². The second-order valence-electron chi connectivity index (χ2n) is 6.96. The van der Waals surface area contributed by atoms with Crippen molar-refractivity contribution in [1.82, 2.24) is 10.2 Å². The van der Waals surface area contributed by atoms with Crippen molar-refractivity contribution in [3.8, 4) is 0 Å². The van der Waals surface area contributed by atoms with Crippen molar-refractivity contribution in [2.24, 2.45) is 5.92 Å². The number of hydrogen-bond acceptors (Lipinski definition) is 5. The number of piperidine rings is 1. The minimum absolute atomic E-state index is 0.266.